The van der Waals surface area contributed by atoms with Crippen LogP contribution in [0.5, 0.6) is 0 Å². The van der Waals surface area contributed by atoms with Crippen molar-refractivity contribution >= 4 is 22.5 Å². The summed E-state index contributed by atoms with van der Waals surface area (Å²) in [5.74, 6) is -0.494. The Morgan fingerprint density at radius 3 is 2.57 bits per heavy atom. The Morgan fingerprint density at radius 1 is 1.07 bits per heavy atom. The van der Waals surface area contributed by atoms with Crippen LogP contribution in [0.1, 0.15) is 18.1 Å². The van der Waals surface area contributed by atoms with E-state index >= 15 is 0 Å². The van der Waals surface area contributed by atoms with Gasteiger partial charge in [0.25, 0.3) is 0 Å². The van der Waals surface area contributed by atoms with E-state index in [2.05, 4.69) is 10.3 Å². The molecule has 0 aliphatic rings. The van der Waals surface area contributed by atoms with Gasteiger partial charge in [0.2, 0.25) is 5.91 Å². The fraction of sp³-hybridized carbons (Fsp3) is 0.238. The van der Waals surface area contributed by atoms with Gasteiger partial charge in [-0.05, 0) is 30.3 Å². The third-order valence-electron chi connectivity index (χ3n) is 4.43. The molecule has 0 fully saturated rings. The number of fused-ring (bicyclic) bond motifs is 1. The minimum absolute atomic E-state index is 0.0219. The summed E-state index contributed by atoms with van der Waals surface area (Å²) in [6, 6.07) is 14.6. The maximum atomic E-state index is 13.1. The van der Waals surface area contributed by atoms with Crippen molar-refractivity contribution in [3.63, 3.8) is 0 Å². The minimum Gasteiger partial charge on any atom is -0.324 e. The first kappa shape index (κ1) is 19.8. The summed E-state index contributed by atoms with van der Waals surface area (Å²) in [5.41, 5.74) is 0.724. The Kier molecular flexibility index (Phi) is 5.94. The molecule has 0 saturated carbocycles. The van der Waals surface area contributed by atoms with Gasteiger partial charge >= 0.3 is 6.18 Å². The maximum absolute atomic E-state index is 13.1. The summed E-state index contributed by atoms with van der Waals surface area (Å²) >= 11 is 0. The number of hydrogen-bond donors (Lipinski definition) is 1. The average Bonchev–Trinajstić information content (AvgIpc) is 2.67. The number of hydrogen-bond acceptors (Lipinski definition) is 3. The molecule has 2 aromatic carbocycles. The van der Waals surface area contributed by atoms with Crippen molar-refractivity contribution in [2.75, 3.05) is 18.4 Å². The van der Waals surface area contributed by atoms with Gasteiger partial charge in [0.15, 0.2) is 0 Å². The van der Waals surface area contributed by atoms with Crippen molar-refractivity contribution in [1.29, 1.82) is 0 Å². The lowest BCUT2D eigenvalue weighted by atomic mass is 10.1. The number of nitrogens with zero attached hydrogens (tertiary/aromatic N) is 2. The van der Waals surface area contributed by atoms with E-state index in [0.29, 0.717) is 13.1 Å². The van der Waals surface area contributed by atoms with Crippen LogP contribution in [0.25, 0.3) is 10.9 Å². The predicted octanol–water partition coefficient (Wildman–Crippen LogP) is 4.71. The number of nitrogens with one attached hydrogen (secondary N) is 1. The first-order valence-corrected chi connectivity index (χ1v) is 8.89. The first-order chi connectivity index (χ1) is 13.4. The average molecular weight is 387 g/mol. The van der Waals surface area contributed by atoms with Crippen LogP contribution in [0, 0.1) is 0 Å². The van der Waals surface area contributed by atoms with Crippen molar-refractivity contribution in [2.45, 2.75) is 19.6 Å². The van der Waals surface area contributed by atoms with Crippen molar-refractivity contribution < 1.29 is 18.0 Å². The Bertz CT molecular complexity index is 967. The molecule has 1 aromatic heterocycles. The molecule has 7 heteroatoms. The highest BCUT2D eigenvalue weighted by Gasteiger charge is 2.33. The monoisotopic (exact) mass is 387 g/mol. The fourth-order valence-corrected chi connectivity index (χ4v) is 3.05. The number of pyridine rings is 1. The van der Waals surface area contributed by atoms with E-state index in [4.69, 9.17) is 0 Å². The molecule has 1 N–H and O–H groups in total. The number of halogens is 3. The standard InChI is InChI=1S/C21H20F3N3O/c1-2-27(13-16-8-5-7-15-9-6-12-25-20(15)16)14-19(28)26-18-11-4-3-10-17(18)21(22,23)24/h3-12H,2,13-14H2,1H3,(H,26,28). The van der Waals surface area contributed by atoms with E-state index < -0.39 is 17.6 Å². The van der Waals surface area contributed by atoms with E-state index in [9.17, 15) is 18.0 Å². The third-order valence-corrected chi connectivity index (χ3v) is 4.43. The van der Waals surface area contributed by atoms with Crippen molar-refractivity contribution in [1.82, 2.24) is 9.88 Å². The van der Waals surface area contributed by atoms with Gasteiger partial charge in [0, 0.05) is 18.1 Å². The van der Waals surface area contributed by atoms with Crippen LogP contribution < -0.4 is 5.32 Å². The van der Waals surface area contributed by atoms with Gasteiger partial charge in [-0.2, -0.15) is 13.2 Å². The van der Waals surface area contributed by atoms with E-state index in [1.807, 2.05) is 42.2 Å². The van der Waals surface area contributed by atoms with Gasteiger partial charge in [-0.1, -0.05) is 43.3 Å². The van der Waals surface area contributed by atoms with Crippen LogP contribution >= 0.6 is 0 Å². The molecule has 0 bridgehead atoms. The molecule has 3 rings (SSSR count). The van der Waals surface area contributed by atoms with Crippen LogP contribution in [-0.4, -0.2) is 28.9 Å². The number of carbonyl (C=O) groups is 1. The van der Waals surface area contributed by atoms with E-state index in [1.165, 1.54) is 18.2 Å². The number of carbonyl (C=O) groups excluding carboxylic acids is 1. The molecule has 1 amide bonds. The lowest BCUT2D eigenvalue weighted by Gasteiger charge is -2.21. The minimum atomic E-state index is -4.52. The fourth-order valence-electron chi connectivity index (χ4n) is 3.05. The van der Waals surface area contributed by atoms with Crippen LogP contribution in [0.15, 0.2) is 60.8 Å². The molecule has 0 saturated heterocycles. The zero-order chi connectivity index (χ0) is 20.1. The smallest absolute Gasteiger partial charge is 0.324 e. The number of anilines is 1. The number of aromatic nitrogens is 1. The molecule has 3 aromatic rings. The molecule has 28 heavy (non-hydrogen) atoms. The summed E-state index contributed by atoms with van der Waals surface area (Å²) in [6.45, 7) is 2.91. The Balaban J connectivity index is 1.72. The molecular formula is C21H20F3N3O. The lowest BCUT2D eigenvalue weighted by Crippen LogP contribution is -2.33. The van der Waals surface area contributed by atoms with Gasteiger partial charge < -0.3 is 5.32 Å². The van der Waals surface area contributed by atoms with Crippen LogP contribution in [-0.2, 0) is 17.5 Å². The Hall–Kier alpha value is -2.93. The quantitative estimate of drug-likeness (QED) is 0.666. The SMILES string of the molecule is CCN(CC(=O)Nc1ccccc1C(F)(F)F)Cc1cccc2cccnc12. The van der Waals surface area contributed by atoms with Crippen LogP contribution in [0.3, 0.4) is 0 Å². The van der Waals surface area contributed by atoms with Gasteiger partial charge in [0.1, 0.15) is 0 Å². The molecule has 146 valence electrons. The summed E-state index contributed by atoms with van der Waals surface area (Å²) in [4.78, 5) is 18.6. The van der Waals surface area contributed by atoms with E-state index in [0.717, 1.165) is 22.5 Å². The van der Waals surface area contributed by atoms with Gasteiger partial charge in [-0.25, -0.2) is 0 Å². The first-order valence-electron chi connectivity index (χ1n) is 8.89. The highest BCUT2D eigenvalue weighted by molar-refractivity contribution is 5.93. The number of para-hydroxylation sites is 2. The molecule has 0 atom stereocenters. The zero-order valence-electron chi connectivity index (χ0n) is 15.3. The van der Waals surface area contributed by atoms with Crippen molar-refractivity contribution in [3.8, 4) is 0 Å². The van der Waals surface area contributed by atoms with E-state index in [-0.39, 0.29) is 12.2 Å². The molecule has 4 nitrogen and oxygen atoms in total. The largest absolute Gasteiger partial charge is 0.418 e. The van der Waals surface area contributed by atoms with Gasteiger partial charge in [0.05, 0.1) is 23.3 Å². The molecule has 0 unspecified atom stereocenters. The highest BCUT2D eigenvalue weighted by Crippen LogP contribution is 2.34. The Labute approximate surface area is 161 Å². The summed E-state index contributed by atoms with van der Waals surface area (Å²) in [5, 5.41) is 3.39. The van der Waals surface area contributed by atoms with Crippen molar-refractivity contribution in [3.05, 3.63) is 71.9 Å². The molecule has 0 radical (unpaired) electrons. The number of benzene rings is 2. The molecule has 0 aliphatic heterocycles. The Morgan fingerprint density at radius 2 is 1.82 bits per heavy atom. The molecule has 1 heterocycles. The topological polar surface area (TPSA) is 45.2 Å². The van der Waals surface area contributed by atoms with Crippen molar-refractivity contribution in [2.24, 2.45) is 0 Å². The summed E-state index contributed by atoms with van der Waals surface area (Å²) in [6.07, 6.45) is -2.81. The zero-order valence-corrected chi connectivity index (χ0v) is 15.3. The second-order valence-corrected chi connectivity index (χ2v) is 6.39. The number of alkyl halides is 3. The van der Waals surface area contributed by atoms with E-state index in [1.54, 1.807) is 6.20 Å². The summed E-state index contributed by atoms with van der Waals surface area (Å²) in [7, 11) is 0. The predicted molar refractivity (Wildman–Crippen MR) is 103 cm³/mol. The highest BCUT2D eigenvalue weighted by atomic mass is 19.4. The molecular weight excluding hydrogens is 367 g/mol. The number of rotatable bonds is 6. The number of likely N-dealkylation sites (N-methyl/N-ethyl adjacent to an activating group) is 1. The second kappa shape index (κ2) is 8.39. The van der Waals surface area contributed by atoms with Gasteiger partial charge in [-0.3, -0.25) is 14.7 Å². The van der Waals surface area contributed by atoms with Crippen LogP contribution in [0.2, 0.25) is 0 Å². The molecule has 0 spiro atoms. The van der Waals surface area contributed by atoms with Crippen LogP contribution in [0.4, 0.5) is 18.9 Å². The third kappa shape index (κ3) is 4.67. The summed E-state index contributed by atoms with van der Waals surface area (Å²) < 4.78 is 39.3. The van der Waals surface area contributed by atoms with Gasteiger partial charge in [-0.15, -0.1) is 0 Å². The lowest BCUT2D eigenvalue weighted by molar-refractivity contribution is -0.137. The number of amides is 1. The molecule has 0 aliphatic carbocycles. The maximum Gasteiger partial charge on any atom is 0.418 e. The normalized spacial score (nSPS) is 11.8. The second-order valence-electron chi connectivity index (χ2n) is 6.39.